The highest BCUT2D eigenvalue weighted by atomic mass is 32.2. The van der Waals surface area contributed by atoms with E-state index in [0.717, 1.165) is 27.2 Å². The summed E-state index contributed by atoms with van der Waals surface area (Å²) in [5, 5.41) is 6.94. The Morgan fingerprint density at radius 3 is 2.65 bits per heavy atom. The van der Waals surface area contributed by atoms with E-state index >= 15 is 0 Å². The lowest BCUT2D eigenvalue weighted by Gasteiger charge is -2.15. The van der Waals surface area contributed by atoms with Gasteiger partial charge in [0, 0.05) is 5.39 Å². The third-order valence-electron chi connectivity index (χ3n) is 4.07. The molecule has 0 fully saturated rings. The smallest absolute Gasteiger partial charge is 0.230 e. The van der Waals surface area contributed by atoms with E-state index in [1.807, 2.05) is 18.4 Å². The lowest BCUT2D eigenvalue weighted by atomic mass is 10.00. The van der Waals surface area contributed by atoms with E-state index in [9.17, 15) is 4.79 Å². The van der Waals surface area contributed by atoms with Gasteiger partial charge in [-0.25, -0.2) is 9.97 Å². The van der Waals surface area contributed by atoms with Gasteiger partial charge in [-0.2, -0.15) is 0 Å². The maximum atomic E-state index is 12.3. The van der Waals surface area contributed by atoms with Gasteiger partial charge in [0.25, 0.3) is 0 Å². The highest BCUT2D eigenvalue weighted by molar-refractivity contribution is 8.00. The van der Waals surface area contributed by atoms with Gasteiger partial charge in [-0.3, -0.25) is 4.79 Å². The molecule has 0 saturated carbocycles. The molecule has 26 heavy (non-hydrogen) atoms. The van der Waals surface area contributed by atoms with Crippen LogP contribution < -0.4 is 5.32 Å². The summed E-state index contributed by atoms with van der Waals surface area (Å²) in [5.74, 6) is 1.000. The number of aromatic nitrogens is 2. The summed E-state index contributed by atoms with van der Waals surface area (Å²) in [4.78, 5) is 21.8. The van der Waals surface area contributed by atoms with Crippen molar-refractivity contribution in [2.45, 2.75) is 38.3 Å². The van der Waals surface area contributed by atoms with E-state index < -0.39 is 0 Å². The standard InChI is InChI=1S/C20H23N3OS2/c1-13(2)10-15-4-6-16(7-5-15)14(3)23-18(24)11-26-20-17-8-9-25-19(17)21-12-22-20/h4-9,12-14H,10-11H2,1-3H3,(H,23,24). The summed E-state index contributed by atoms with van der Waals surface area (Å²) in [7, 11) is 0. The summed E-state index contributed by atoms with van der Waals surface area (Å²) < 4.78 is 0. The number of nitrogens with one attached hydrogen (secondary N) is 1. The van der Waals surface area contributed by atoms with Gasteiger partial charge in [0.1, 0.15) is 16.2 Å². The minimum Gasteiger partial charge on any atom is -0.349 e. The summed E-state index contributed by atoms with van der Waals surface area (Å²) in [6.45, 7) is 6.45. The van der Waals surface area contributed by atoms with Crippen molar-refractivity contribution in [3.8, 4) is 0 Å². The van der Waals surface area contributed by atoms with Gasteiger partial charge in [0.2, 0.25) is 5.91 Å². The maximum absolute atomic E-state index is 12.3. The molecule has 4 nitrogen and oxygen atoms in total. The number of benzene rings is 1. The van der Waals surface area contributed by atoms with Crippen molar-refractivity contribution in [2.75, 3.05) is 5.75 Å². The van der Waals surface area contributed by atoms with E-state index in [4.69, 9.17) is 0 Å². The Morgan fingerprint density at radius 1 is 1.15 bits per heavy atom. The highest BCUT2D eigenvalue weighted by Gasteiger charge is 2.12. The van der Waals surface area contributed by atoms with Gasteiger partial charge in [0.05, 0.1) is 11.8 Å². The van der Waals surface area contributed by atoms with Crippen molar-refractivity contribution >= 4 is 39.2 Å². The zero-order valence-electron chi connectivity index (χ0n) is 15.2. The predicted molar refractivity (Wildman–Crippen MR) is 110 cm³/mol. The lowest BCUT2D eigenvalue weighted by Crippen LogP contribution is -2.28. The number of nitrogens with zero attached hydrogens (tertiary/aromatic N) is 2. The molecule has 3 aromatic rings. The van der Waals surface area contributed by atoms with Gasteiger partial charge in [-0.15, -0.1) is 11.3 Å². The fourth-order valence-electron chi connectivity index (χ4n) is 2.80. The quantitative estimate of drug-likeness (QED) is 0.466. The minimum absolute atomic E-state index is 0.00995. The van der Waals surface area contributed by atoms with E-state index in [1.165, 1.54) is 17.3 Å². The van der Waals surface area contributed by atoms with Crippen molar-refractivity contribution in [3.05, 3.63) is 53.2 Å². The monoisotopic (exact) mass is 385 g/mol. The van der Waals surface area contributed by atoms with Crippen molar-refractivity contribution in [2.24, 2.45) is 5.92 Å². The normalized spacial score (nSPS) is 12.5. The number of hydrogen-bond acceptors (Lipinski definition) is 5. The summed E-state index contributed by atoms with van der Waals surface area (Å²) in [5.41, 5.74) is 2.46. The molecule has 2 heterocycles. The first-order valence-electron chi connectivity index (χ1n) is 8.72. The topological polar surface area (TPSA) is 54.9 Å². The van der Waals surface area contributed by atoms with Crippen LogP contribution >= 0.6 is 23.1 Å². The fraction of sp³-hybridized carbons (Fsp3) is 0.350. The molecule has 6 heteroatoms. The minimum atomic E-state index is -0.0113. The second kappa shape index (κ2) is 8.64. The van der Waals surface area contributed by atoms with Crippen LogP contribution in [0, 0.1) is 5.92 Å². The Kier molecular flexibility index (Phi) is 6.27. The molecular formula is C20H23N3OS2. The molecule has 3 rings (SSSR count). The first-order valence-corrected chi connectivity index (χ1v) is 10.6. The van der Waals surface area contributed by atoms with Crippen LogP contribution in [-0.2, 0) is 11.2 Å². The predicted octanol–water partition coefficient (Wildman–Crippen LogP) is 4.86. The Morgan fingerprint density at radius 2 is 1.92 bits per heavy atom. The number of carbonyl (C=O) groups excluding carboxylic acids is 1. The number of fused-ring (bicyclic) bond motifs is 1. The zero-order valence-corrected chi connectivity index (χ0v) is 16.9. The van der Waals surface area contributed by atoms with Crippen LogP contribution in [0.2, 0.25) is 0 Å². The first-order chi connectivity index (χ1) is 12.5. The molecule has 1 aromatic carbocycles. The third-order valence-corrected chi connectivity index (χ3v) is 5.89. The van der Waals surface area contributed by atoms with Crippen LogP contribution in [0.3, 0.4) is 0 Å². The molecule has 0 aliphatic rings. The number of carbonyl (C=O) groups is 1. The van der Waals surface area contributed by atoms with Crippen LogP contribution in [-0.4, -0.2) is 21.6 Å². The average molecular weight is 386 g/mol. The molecule has 0 aliphatic heterocycles. The van der Waals surface area contributed by atoms with Crippen LogP contribution in [0.4, 0.5) is 0 Å². The average Bonchev–Trinajstić information content (AvgIpc) is 3.09. The Labute approximate surface area is 162 Å². The molecule has 0 aliphatic carbocycles. The Hall–Kier alpha value is -1.92. The van der Waals surface area contributed by atoms with Gasteiger partial charge in [-0.1, -0.05) is 49.9 Å². The van der Waals surface area contributed by atoms with Crippen molar-refractivity contribution in [3.63, 3.8) is 0 Å². The maximum Gasteiger partial charge on any atom is 0.230 e. The lowest BCUT2D eigenvalue weighted by molar-refractivity contribution is -0.119. The Balaban J connectivity index is 1.55. The third kappa shape index (κ3) is 4.83. The molecule has 0 bridgehead atoms. The molecule has 2 aromatic heterocycles. The molecule has 1 atom stereocenters. The Bertz CT molecular complexity index is 874. The largest absolute Gasteiger partial charge is 0.349 e. The van der Waals surface area contributed by atoms with Gasteiger partial charge < -0.3 is 5.32 Å². The second-order valence-electron chi connectivity index (χ2n) is 6.74. The molecule has 1 N–H and O–H groups in total. The SMILES string of the molecule is CC(C)Cc1ccc(C(C)NC(=O)CSc2ncnc3sccc23)cc1. The number of amides is 1. The van der Waals surface area contributed by atoms with E-state index in [-0.39, 0.29) is 11.9 Å². The van der Waals surface area contributed by atoms with Crippen LogP contribution in [0.15, 0.2) is 47.1 Å². The number of rotatable bonds is 7. The molecule has 1 amide bonds. The van der Waals surface area contributed by atoms with Crippen molar-refractivity contribution in [1.82, 2.24) is 15.3 Å². The molecule has 136 valence electrons. The zero-order chi connectivity index (χ0) is 18.5. The fourth-order valence-corrected chi connectivity index (χ4v) is 4.39. The van der Waals surface area contributed by atoms with Crippen LogP contribution in [0.5, 0.6) is 0 Å². The molecule has 0 saturated heterocycles. The number of thioether (sulfide) groups is 1. The van der Waals surface area contributed by atoms with Crippen LogP contribution in [0.25, 0.3) is 10.2 Å². The molecule has 0 radical (unpaired) electrons. The molecular weight excluding hydrogens is 362 g/mol. The van der Waals surface area contributed by atoms with Gasteiger partial charge in [0.15, 0.2) is 0 Å². The second-order valence-corrected chi connectivity index (χ2v) is 8.59. The van der Waals surface area contributed by atoms with E-state index in [1.54, 1.807) is 17.7 Å². The number of thiophene rings is 1. The molecule has 0 spiro atoms. The van der Waals surface area contributed by atoms with E-state index in [0.29, 0.717) is 11.7 Å². The number of hydrogen-bond donors (Lipinski definition) is 1. The van der Waals surface area contributed by atoms with Crippen molar-refractivity contribution in [1.29, 1.82) is 0 Å². The van der Waals surface area contributed by atoms with Gasteiger partial charge >= 0.3 is 0 Å². The summed E-state index contributed by atoms with van der Waals surface area (Å²) >= 11 is 3.04. The van der Waals surface area contributed by atoms with E-state index in [2.05, 4.69) is 53.4 Å². The van der Waals surface area contributed by atoms with Crippen molar-refractivity contribution < 1.29 is 4.79 Å². The van der Waals surface area contributed by atoms with Crippen LogP contribution in [0.1, 0.15) is 37.9 Å². The molecule has 1 unspecified atom stereocenters. The summed E-state index contributed by atoms with van der Waals surface area (Å²) in [6, 6.07) is 10.5. The van der Waals surface area contributed by atoms with Gasteiger partial charge in [-0.05, 0) is 41.8 Å². The first kappa shape index (κ1) is 18.9. The summed E-state index contributed by atoms with van der Waals surface area (Å²) in [6.07, 6.45) is 2.63. The highest BCUT2D eigenvalue weighted by Crippen LogP contribution is 2.27.